The van der Waals surface area contributed by atoms with Crippen LogP contribution in [0.15, 0.2) is 83.8 Å². The number of esters is 1. The fourth-order valence-electron chi connectivity index (χ4n) is 3.50. The van der Waals surface area contributed by atoms with Gasteiger partial charge in [0.1, 0.15) is 5.75 Å². The molecule has 3 aromatic carbocycles. The van der Waals surface area contributed by atoms with Gasteiger partial charge >= 0.3 is 5.97 Å². The Kier molecular flexibility index (Phi) is 8.62. The summed E-state index contributed by atoms with van der Waals surface area (Å²) in [6.07, 6.45) is -0.130. The smallest absolute Gasteiger partial charge is 0.338 e. The molecule has 0 spiro atoms. The molecular formula is C26H28N2O6S. The third-order valence-electron chi connectivity index (χ3n) is 5.42. The van der Waals surface area contributed by atoms with E-state index in [2.05, 4.69) is 5.32 Å². The maximum Gasteiger partial charge on any atom is 0.338 e. The Bertz CT molecular complexity index is 1240. The number of hydrogen-bond acceptors (Lipinski definition) is 6. The number of amides is 1. The van der Waals surface area contributed by atoms with Gasteiger partial charge in [0.05, 0.1) is 30.2 Å². The van der Waals surface area contributed by atoms with Gasteiger partial charge in [-0.15, -0.1) is 0 Å². The minimum atomic E-state index is -3.87. The highest BCUT2D eigenvalue weighted by atomic mass is 32.2. The van der Waals surface area contributed by atoms with Crippen molar-refractivity contribution >= 4 is 27.6 Å². The van der Waals surface area contributed by atoms with E-state index in [1.807, 2.05) is 0 Å². The molecule has 0 aromatic heterocycles. The van der Waals surface area contributed by atoms with E-state index in [4.69, 9.17) is 9.47 Å². The zero-order valence-corrected chi connectivity index (χ0v) is 20.6. The molecule has 184 valence electrons. The molecule has 0 aliphatic carbocycles. The first-order valence-electron chi connectivity index (χ1n) is 11.0. The summed E-state index contributed by atoms with van der Waals surface area (Å²) in [7, 11) is -0.873. The Balaban J connectivity index is 1.84. The average Bonchev–Trinajstić information content (AvgIpc) is 2.88. The summed E-state index contributed by atoms with van der Waals surface area (Å²) in [4.78, 5) is 24.9. The van der Waals surface area contributed by atoms with Crippen LogP contribution in [0.5, 0.6) is 5.75 Å². The molecule has 1 N–H and O–H groups in total. The summed E-state index contributed by atoms with van der Waals surface area (Å²) in [5.41, 5.74) is 1.49. The summed E-state index contributed by atoms with van der Waals surface area (Å²) in [6.45, 7) is 1.99. The van der Waals surface area contributed by atoms with Gasteiger partial charge in [-0.1, -0.05) is 30.3 Å². The van der Waals surface area contributed by atoms with E-state index in [1.165, 1.54) is 23.5 Å². The molecule has 0 unspecified atom stereocenters. The number of hydrogen-bond donors (Lipinski definition) is 1. The maximum absolute atomic E-state index is 13.3. The van der Waals surface area contributed by atoms with Crippen LogP contribution in [0, 0.1) is 0 Å². The minimum Gasteiger partial charge on any atom is -0.497 e. The third kappa shape index (κ3) is 6.46. The van der Waals surface area contributed by atoms with Crippen molar-refractivity contribution in [1.82, 2.24) is 4.31 Å². The van der Waals surface area contributed by atoms with Crippen LogP contribution in [0.1, 0.15) is 35.3 Å². The highest BCUT2D eigenvalue weighted by Crippen LogP contribution is 2.30. The standard InChI is InChI=1S/C26H28N2O6S/c1-4-34-26(30)20-10-14-21(15-11-20)27-25(29)18-24(19-12-16-22(33-3)17-13-19)28(2)35(31,32)23-8-6-5-7-9-23/h5-17,24H,4,18H2,1-3H3,(H,27,29)/t24-/m1/s1. The zero-order valence-electron chi connectivity index (χ0n) is 19.8. The average molecular weight is 497 g/mol. The van der Waals surface area contributed by atoms with Crippen molar-refractivity contribution in [2.75, 3.05) is 26.1 Å². The fraction of sp³-hybridized carbons (Fsp3) is 0.231. The zero-order chi connectivity index (χ0) is 25.4. The normalized spacial score (nSPS) is 12.1. The van der Waals surface area contributed by atoms with Crippen LogP contribution in [0.4, 0.5) is 5.69 Å². The van der Waals surface area contributed by atoms with Gasteiger partial charge in [-0.2, -0.15) is 4.31 Å². The van der Waals surface area contributed by atoms with Crippen LogP contribution >= 0.6 is 0 Å². The molecule has 1 atom stereocenters. The van der Waals surface area contributed by atoms with Gasteiger partial charge in [0.2, 0.25) is 15.9 Å². The lowest BCUT2D eigenvalue weighted by Crippen LogP contribution is -2.33. The molecule has 0 aliphatic rings. The van der Waals surface area contributed by atoms with Crippen molar-refractivity contribution < 1.29 is 27.5 Å². The van der Waals surface area contributed by atoms with Gasteiger partial charge in [0.15, 0.2) is 0 Å². The Hall–Kier alpha value is -3.69. The summed E-state index contributed by atoms with van der Waals surface area (Å²) in [5.74, 6) is -0.213. The number of benzene rings is 3. The van der Waals surface area contributed by atoms with E-state index < -0.39 is 22.0 Å². The Morgan fingerprint density at radius 2 is 1.57 bits per heavy atom. The molecule has 1 amide bonds. The van der Waals surface area contributed by atoms with Crippen molar-refractivity contribution in [2.24, 2.45) is 0 Å². The summed E-state index contributed by atoms with van der Waals surface area (Å²) < 4.78 is 38.0. The van der Waals surface area contributed by atoms with E-state index in [0.717, 1.165) is 0 Å². The van der Waals surface area contributed by atoms with Crippen molar-refractivity contribution in [3.05, 3.63) is 90.0 Å². The van der Waals surface area contributed by atoms with E-state index in [1.54, 1.807) is 80.8 Å². The first kappa shape index (κ1) is 25.9. The van der Waals surface area contributed by atoms with Gasteiger partial charge in [-0.05, 0) is 61.0 Å². The number of sulfonamides is 1. The number of nitrogens with zero attached hydrogens (tertiary/aromatic N) is 1. The monoisotopic (exact) mass is 496 g/mol. The van der Waals surface area contributed by atoms with Crippen molar-refractivity contribution in [3.8, 4) is 5.75 Å². The van der Waals surface area contributed by atoms with Crippen LogP contribution in [0.2, 0.25) is 0 Å². The third-order valence-corrected chi connectivity index (χ3v) is 7.30. The number of nitrogens with one attached hydrogen (secondary N) is 1. The number of carbonyl (C=O) groups is 2. The first-order valence-corrected chi connectivity index (χ1v) is 12.4. The van der Waals surface area contributed by atoms with Crippen molar-refractivity contribution in [1.29, 1.82) is 0 Å². The Morgan fingerprint density at radius 3 is 2.14 bits per heavy atom. The van der Waals surface area contributed by atoms with Crippen LogP contribution in [-0.2, 0) is 19.6 Å². The number of ether oxygens (including phenoxy) is 2. The molecule has 0 aliphatic heterocycles. The van der Waals surface area contributed by atoms with Crippen LogP contribution in [0.3, 0.4) is 0 Å². The molecule has 8 nitrogen and oxygen atoms in total. The number of anilines is 1. The second-order valence-corrected chi connectivity index (χ2v) is 9.67. The minimum absolute atomic E-state index is 0.130. The largest absolute Gasteiger partial charge is 0.497 e. The van der Waals surface area contributed by atoms with Gasteiger partial charge in [-0.25, -0.2) is 13.2 Å². The fourth-order valence-corrected chi connectivity index (χ4v) is 4.87. The van der Waals surface area contributed by atoms with Gasteiger partial charge in [0.25, 0.3) is 0 Å². The van der Waals surface area contributed by atoms with E-state index >= 15 is 0 Å². The van der Waals surface area contributed by atoms with Crippen LogP contribution in [0.25, 0.3) is 0 Å². The molecule has 3 rings (SSSR count). The van der Waals surface area contributed by atoms with E-state index in [-0.39, 0.29) is 23.8 Å². The first-order chi connectivity index (χ1) is 16.8. The predicted octanol–water partition coefficient (Wildman–Crippen LogP) is 4.26. The molecule has 0 heterocycles. The van der Waals surface area contributed by atoms with Crippen molar-refractivity contribution in [3.63, 3.8) is 0 Å². The van der Waals surface area contributed by atoms with Gasteiger partial charge in [-0.3, -0.25) is 4.79 Å². The molecule has 3 aromatic rings. The molecule has 0 saturated carbocycles. The molecule has 0 fully saturated rings. The lowest BCUT2D eigenvalue weighted by molar-refractivity contribution is -0.117. The highest BCUT2D eigenvalue weighted by molar-refractivity contribution is 7.89. The van der Waals surface area contributed by atoms with Gasteiger partial charge in [0, 0.05) is 19.2 Å². The lowest BCUT2D eigenvalue weighted by Gasteiger charge is -2.28. The summed E-state index contributed by atoms with van der Waals surface area (Å²) in [6, 6.07) is 20.5. The highest BCUT2D eigenvalue weighted by Gasteiger charge is 2.31. The molecule has 0 bridgehead atoms. The second kappa shape index (κ2) is 11.6. The van der Waals surface area contributed by atoms with Crippen molar-refractivity contribution in [2.45, 2.75) is 24.3 Å². The van der Waals surface area contributed by atoms with E-state index in [0.29, 0.717) is 22.6 Å². The van der Waals surface area contributed by atoms with E-state index in [9.17, 15) is 18.0 Å². The number of carbonyl (C=O) groups excluding carboxylic acids is 2. The maximum atomic E-state index is 13.3. The van der Waals surface area contributed by atoms with Crippen LogP contribution < -0.4 is 10.1 Å². The quantitative estimate of drug-likeness (QED) is 0.421. The molecule has 9 heteroatoms. The van der Waals surface area contributed by atoms with Crippen LogP contribution in [-0.4, -0.2) is 45.4 Å². The van der Waals surface area contributed by atoms with Gasteiger partial charge < -0.3 is 14.8 Å². The number of methoxy groups -OCH3 is 1. The molecule has 0 radical (unpaired) electrons. The lowest BCUT2D eigenvalue weighted by atomic mass is 10.0. The molecule has 35 heavy (non-hydrogen) atoms. The number of rotatable bonds is 10. The topological polar surface area (TPSA) is 102 Å². The molecular weight excluding hydrogens is 468 g/mol. The summed E-state index contributed by atoms with van der Waals surface area (Å²) in [5, 5.41) is 2.77. The SMILES string of the molecule is CCOC(=O)c1ccc(NC(=O)C[C@H](c2ccc(OC)cc2)N(C)S(=O)(=O)c2ccccc2)cc1. The second-order valence-electron chi connectivity index (χ2n) is 7.67. The Labute approximate surface area is 205 Å². The molecule has 0 saturated heterocycles. The predicted molar refractivity (Wildman–Crippen MR) is 133 cm³/mol. The Morgan fingerprint density at radius 1 is 0.943 bits per heavy atom. The summed E-state index contributed by atoms with van der Waals surface area (Å²) >= 11 is 0.